The van der Waals surface area contributed by atoms with Crippen molar-refractivity contribution < 1.29 is 9.53 Å². The molecule has 5 nitrogen and oxygen atoms in total. The SMILES string of the molecule is COC(=O)Nc1nsnc1-c1c(Cl)cccc1Cl. The van der Waals surface area contributed by atoms with Crippen LogP contribution in [0.15, 0.2) is 18.2 Å². The van der Waals surface area contributed by atoms with Gasteiger partial charge in [-0.25, -0.2) is 4.79 Å². The molecular weight excluding hydrogens is 297 g/mol. The molecule has 0 aliphatic carbocycles. The number of halogens is 2. The summed E-state index contributed by atoms with van der Waals surface area (Å²) in [5.74, 6) is 0.266. The highest BCUT2D eigenvalue weighted by atomic mass is 35.5. The fourth-order valence-electron chi connectivity index (χ4n) is 1.31. The van der Waals surface area contributed by atoms with Crippen LogP contribution in [0.5, 0.6) is 0 Å². The maximum atomic E-state index is 11.2. The summed E-state index contributed by atoms with van der Waals surface area (Å²) in [7, 11) is 1.26. The predicted octanol–water partition coefficient (Wildman–Crippen LogP) is 3.69. The molecule has 0 atom stereocenters. The van der Waals surface area contributed by atoms with Gasteiger partial charge >= 0.3 is 6.09 Å². The Hall–Kier alpha value is -1.37. The molecule has 1 aromatic heterocycles. The minimum Gasteiger partial charge on any atom is -0.453 e. The van der Waals surface area contributed by atoms with Crippen molar-refractivity contribution in [3.05, 3.63) is 28.2 Å². The summed E-state index contributed by atoms with van der Waals surface area (Å²) < 4.78 is 12.5. The second kappa shape index (κ2) is 5.51. The number of aromatic nitrogens is 2. The fraction of sp³-hybridized carbons (Fsp3) is 0.100. The smallest absolute Gasteiger partial charge is 0.412 e. The number of nitrogens with one attached hydrogen (secondary N) is 1. The van der Waals surface area contributed by atoms with Crippen LogP contribution in [0.3, 0.4) is 0 Å². The summed E-state index contributed by atoms with van der Waals surface area (Å²) in [6.07, 6.45) is -0.632. The summed E-state index contributed by atoms with van der Waals surface area (Å²) in [5.41, 5.74) is 0.946. The van der Waals surface area contributed by atoms with Gasteiger partial charge in [-0.15, -0.1) is 0 Å². The van der Waals surface area contributed by atoms with Crippen molar-refractivity contribution in [2.75, 3.05) is 12.4 Å². The summed E-state index contributed by atoms with van der Waals surface area (Å²) in [6, 6.07) is 5.09. The molecule has 0 bridgehead atoms. The predicted molar refractivity (Wildman–Crippen MR) is 71.4 cm³/mol. The van der Waals surface area contributed by atoms with Gasteiger partial charge in [0.05, 0.1) is 28.9 Å². The third kappa shape index (κ3) is 2.55. The van der Waals surface area contributed by atoms with Crippen LogP contribution < -0.4 is 5.32 Å². The van der Waals surface area contributed by atoms with Crippen molar-refractivity contribution in [2.45, 2.75) is 0 Å². The molecule has 8 heteroatoms. The normalized spacial score (nSPS) is 10.2. The Morgan fingerprint density at radius 3 is 2.61 bits per heavy atom. The molecule has 0 radical (unpaired) electrons. The largest absolute Gasteiger partial charge is 0.453 e. The number of anilines is 1. The zero-order valence-electron chi connectivity index (χ0n) is 9.11. The molecule has 1 amide bonds. The zero-order chi connectivity index (χ0) is 13.1. The van der Waals surface area contributed by atoms with Gasteiger partial charge in [-0.05, 0) is 12.1 Å². The minimum atomic E-state index is -0.632. The molecule has 0 spiro atoms. The lowest BCUT2D eigenvalue weighted by Crippen LogP contribution is -2.11. The van der Waals surface area contributed by atoms with Crippen molar-refractivity contribution in [2.24, 2.45) is 0 Å². The molecule has 94 valence electrons. The van der Waals surface area contributed by atoms with Gasteiger partial charge in [-0.1, -0.05) is 29.3 Å². The second-order valence-electron chi connectivity index (χ2n) is 3.17. The van der Waals surface area contributed by atoms with E-state index >= 15 is 0 Å². The first-order valence-corrected chi connectivity index (χ1v) is 6.24. The van der Waals surface area contributed by atoms with E-state index in [9.17, 15) is 4.79 Å². The molecule has 0 saturated heterocycles. The standard InChI is InChI=1S/C10H7Cl2N3O2S/c1-17-10(16)13-9-8(14-18-15-9)7-5(11)3-2-4-6(7)12/h2-4H,1H3,(H,13,15,16). The monoisotopic (exact) mass is 303 g/mol. The van der Waals surface area contributed by atoms with E-state index in [1.807, 2.05) is 0 Å². The number of nitrogens with zero attached hydrogens (tertiary/aromatic N) is 2. The van der Waals surface area contributed by atoms with Crippen LogP contribution in [-0.2, 0) is 4.74 Å². The highest BCUT2D eigenvalue weighted by molar-refractivity contribution is 6.99. The molecular formula is C10H7Cl2N3O2S. The van der Waals surface area contributed by atoms with E-state index in [4.69, 9.17) is 23.2 Å². The lowest BCUT2D eigenvalue weighted by atomic mass is 10.1. The molecule has 2 rings (SSSR count). The van der Waals surface area contributed by atoms with Crippen molar-refractivity contribution in [1.82, 2.24) is 8.75 Å². The van der Waals surface area contributed by atoms with Crippen LogP contribution in [0.4, 0.5) is 10.6 Å². The van der Waals surface area contributed by atoms with E-state index in [2.05, 4.69) is 18.8 Å². The zero-order valence-corrected chi connectivity index (χ0v) is 11.4. The molecule has 18 heavy (non-hydrogen) atoms. The molecule has 0 aliphatic rings. The third-order valence-electron chi connectivity index (χ3n) is 2.09. The Labute approximate surface area is 117 Å². The van der Waals surface area contributed by atoms with E-state index in [0.29, 0.717) is 21.3 Å². The number of hydrogen-bond acceptors (Lipinski definition) is 5. The number of methoxy groups -OCH3 is 1. The number of benzene rings is 1. The molecule has 1 N–H and O–H groups in total. The Balaban J connectivity index is 2.46. The van der Waals surface area contributed by atoms with Gasteiger partial charge in [0.2, 0.25) is 0 Å². The highest BCUT2D eigenvalue weighted by Crippen LogP contribution is 2.37. The molecule has 0 unspecified atom stereocenters. The summed E-state index contributed by atoms with van der Waals surface area (Å²) in [6.45, 7) is 0. The van der Waals surface area contributed by atoms with Gasteiger partial charge in [0, 0.05) is 5.56 Å². The van der Waals surface area contributed by atoms with Crippen molar-refractivity contribution in [3.63, 3.8) is 0 Å². The first-order valence-electron chi connectivity index (χ1n) is 4.75. The van der Waals surface area contributed by atoms with Crippen molar-refractivity contribution >= 4 is 46.8 Å². The lowest BCUT2D eigenvalue weighted by molar-refractivity contribution is 0.187. The summed E-state index contributed by atoms with van der Waals surface area (Å²) in [5, 5.41) is 3.32. The highest BCUT2D eigenvalue weighted by Gasteiger charge is 2.18. The van der Waals surface area contributed by atoms with Crippen molar-refractivity contribution in [3.8, 4) is 11.3 Å². The topological polar surface area (TPSA) is 64.1 Å². The number of ether oxygens (including phenoxy) is 1. The van der Waals surface area contributed by atoms with E-state index in [1.165, 1.54) is 7.11 Å². The van der Waals surface area contributed by atoms with Crippen LogP contribution >= 0.6 is 34.9 Å². The fourth-order valence-corrected chi connectivity index (χ4v) is 2.40. The first-order chi connectivity index (χ1) is 8.63. The van der Waals surface area contributed by atoms with Crippen LogP contribution in [0.1, 0.15) is 0 Å². The van der Waals surface area contributed by atoms with Gasteiger partial charge in [-0.2, -0.15) is 8.75 Å². The van der Waals surface area contributed by atoms with Crippen LogP contribution in [-0.4, -0.2) is 22.0 Å². The number of hydrogen-bond donors (Lipinski definition) is 1. The average molecular weight is 304 g/mol. The van der Waals surface area contributed by atoms with E-state index < -0.39 is 6.09 Å². The van der Waals surface area contributed by atoms with Gasteiger partial charge in [-0.3, -0.25) is 5.32 Å². The quantitative estimate of drug-likeness (QED) is 0.919. The molecule has 0 saturated carbocycles. The Kier molecular flexibility index (Phi) is 4.00. The van der Waals surface area contributed by atoms with Crippen LogP contribution in [0.2, 0.25) is 10.0 Å². The number of amides is 1. The van der Waals surface area contributed by atoms with E-state index in [-0.39, 0.29) is 5.82 Å². The van der Waals surface area contributed by atoms with Crippen LogP contribution in [0.25, 0.3) is 11.3 Å². The van der Waals surface area contributed by atoms with Gasteiger partial charge in [0.15, 0.2) is 5.82 Å². The Morgan fingerprint density at radius 1 is 1.33 bits per heavy atom. The Bertz CT molecular complexity index is 568. The van der Waals surface area contributed by atoms with Gasteiger partial charge < -0.3 is 4.74 Å². The minimum absolute atomic E-state index is 0.266. The second-order valence-corrected chi connectivity index (χ2v) is 4.52. The van der Waals surface area contributed by atoms with E-state index in [1.54, 1.807) is 18.2 Å². The third-order valence-corrected chi connectivity index (χ3v) is 3.25. The maximum Gasteiger partial charge on any atom is 0.412 e. The average Bonchev–Trinajstić information content (AvgIpc) is 2.77. The Morgan fingerprint density at radius 2 is 2.00 bits per heavy atom. The maximum absolute atomic E-state index is 11.2. The first kappa shape index (κ1) is 13.1. The van der Waals surface area contributed by atoms with E-state index in [0.717, 1.165) is 11.7 Å². The van der Waals surface area contributed by atoms with Gasteiger partial charge in [0.1, 0.15) is 5.69 Å². The summed E-state index contributed by atoms with van der Waals surface area (Å²) in [4.78, 5) is 11.2. The molecule has 1 heterocycles. The molecule has 2 aromatic rings. The molecule has 1 aromatic carbocycles. The lowest BCUT2D eigenvalue weighted by Gasteiger charge is -2.06. The van der Waals surface area contributed by atoms with Gasteiger partial charge in [0.25, 0.3) is 0 Å². The molecule has 0 aliphatic heterocycles. The van der Waals surface area contributed by atoms with Crippen LogP contribution in [0, 0.1) is 0 Å². The molecule has 0 fully saturated rings. The number of carbonyl (C=O) groups excluding carboxylic acids is 1. The van der Waals surface area contributed by atoms with Crippen molar-refractivity contribution in [1.29, 1.82) is 0 Å². The summed E-state index contributed by atoms with van der Waals surface area (Å²) >= 11 is 13.1. The number of carbonyl (C=O) groups is 1. The number of rotatable bonds is 2.